The molecule has 1 aromatic rings. The van der Waals surface area contributed by atoms with Crippen molar-refractivity contribution in [1.29, 1.82) is 0 Å². The predicted molar refractivity (Wildman–Crippen MR) is 74.7 cm³/mol. The summed E-state index contributed by atoms with van der Waals surface area (Å²) in [5.41, 5.74) is -0.0168. The normalized spacial score (nSPS) is 11.9. The molecule has 0 fully saturated rings. The van der Waals surface area contributed by atoms with E-state index in [-0.39, 0.29) is 5.75 Å². The van der Waals surface area contributed by atoms with Crippen LogP contribution in [0.3, 0.4) is 0 Å². The summed E-state index contributed by atoms with van der Waals surface area (Å²) in [4.78, 5) is 11.1. The van der Waals surface area contributed by atoms with Crippen LogP contribution in [0.4, 0.5) is 5.69 Å². The molecule has 2 N–H and O–H groups in total. The van der Waals surface area contributed by atoms with Crippen molar-refractivity contribution in [2.45, 2.75) is 19.3 Å². The molecule has 1 rings (SSSR count). The minimum atomic E-state index is -3.43. The van der Waals surface area contributed by atoms with Gasteiger partial charge in [-0.1, -0.05) is 18.2 Å². The van der Waals surface area contributed by atoms with Gasteiger partial charge in [0.05, 0.1) is 11.2 Å². The molecule has 0 aliphatic rings. The Morgan fingerprint density at radius 1 is 1.37 bits per heavy atom. The van der Waals surface area contributed by atoms with Gasteiger partial charge in [0.1, 0.15) is 0 Å². The lowest BCUT2D eigenvalue weighted by Gasteiger charge is -2.19. The number of hydrogen-bond donors (Lipinski definition) is 2. The Kier molecular flexibility index (Phi) is 4.36. The summed E-state index contributed by atoms with van der Waals surface area (Å²) >= 11 is 0. The molecule has 0 radical (unpaired) electrons. The van der Waals surface area contributed by atoms with E-state index in [1.54, 1.807) is 38.1 Å². The fourth-order valence-corrected chi connectivity index (χ4v) is 2.34. The second-order valence-electron chi connectivity index (χ2n) is 4.68. The van der Waals surface area contributed by atoms with Crippen LogP contribution in [0.2, 0.25) is 0 Å². The first kappa shape index (κ1) is 15.2. The zero-order valence-electron chi connectivity index (χ0n) is 10.9. The summed E-state index contributed by atoms with van der Waals surface area (Å²) in [6.45, 7) is 6.55. The van der Waals surface area contributed by atoms with E-state index >= 15 is 0 Å². The SMILES string of the molecule is C=CCS(=O)(=O)Nc1ccc(C(C)(C)C(=O)O)cc1. The van der Waals surface area contributed by atoms with E-state index in [0.29, 0.717) is 11.3 Å². The Balaban J connectivity index is 2.95. The highest BCUT2D eigenvalue weighted by Crippen LogP contribution is 2.25. The molecule has 0 aliphatic heterocycles. The number of aliphatic carboxylic acids is 1. The van der Waals surface area contributed by atoms with Gasteiger partial charge in [0.15, 0.2) is 0 Å². The zero-order chi connectivity index (χ0) is 14.7. The van der Waals surface area contributed by atoms with Gasteiger partial charge in [-0.2, -0.15) is 0 Å². The van der Waals surface area contributed by atoms with Gasteiger partial charge in [-0.05, 0) is 31.5 Å². The Labute approximate surface area is 113 Å². The standard InChI is InChI=1S/C13H17NO4S/c1-4-9-19(17,18)14-11-7-5-10(6-8-11)13(2,3)12(15)16/h4-8,14H,1,9H2,2-3H3,(H,15,16). The minimum absolute atomic E-state index is 0.171. The van der Waals surface area contributed by atoms with Crippen LogP contribution in [-0.4, -0.2) is 25.2 Å². The maximum Gasteiger partial charge on any atom is 0.313 e. The number of carbonyl (C=O) groups is 1. The Hall–Kier alpha value is -1.82. The molecule has 1 aromatic carbocycles. The summed E-state index contributed by atoms with van der Waals surface area (Å²) in [6.07, 6.45) is 1.30. The van der Waals surface area contributed by atoms with Crippen LogP contribution >= 0.6 is 0 Å². The minimum Gasteiger partial charge on any atom is -0.481 e. The van der Waals surface area contributed by atoms with Gasteiger partial charge in [0.25, 0.3) is 0 Å². The smallest absolute Gasteiger partial charge is 0.313 e. The van der Waals surface area contributed by atoms with Gasteiger partial charge in [0.2, 0.25) is 10.0 Å². The maximum absolute atomic E-state index is 11.5. The van der Waals surface area contributed by atoms with Crippen molar-refractivity contribution in [2.24, 2.45) is 0 Å². The number of anilines is 1. The highest BCUT2D eigenvalue weighted by atomic mass is 32.2. The largest absolute Gasteiger partial charge is 0.481 e. The van der Waals surface area contributed by atoms with Crippen molar-refractivity contribution in [3.63, 3.8) is 0 Å². The van der Waals surface area contributed by atoms with E-state index in [4.69, 9.17) is 5.11 Å². The molecular weight excluding hydrogens is 266 g/mol. The van der Waals surface area contributed by atoms with Crippen LogP contribution in [0.5, 0.6) is 0 Å². The van der Waals surface area contributed by atoms with Crippen molar-refractivity contribution in [2.75, 3.05) is 10.5 Å². The molecule has 5 nitrogen and oxygen atoms in total. The molecule has 0 heterocycles. The fourth-order valence-electron chi connectivity index (χ4n) is 1.45. The average molecular weight is 283 g/mol. The van der Waals surface area contributed by atoms with Gasteiger partial charge in [0, 0.05) is 5.69 Å². The summed E-state index contributed by atoms with van der Waals surface area (Å²) in [5.74, 6) is -1.11. The maximum atomic E-state index is 11.5. The first-order valence-corrected chi connectivity index (χ1v) is 7.29. The number of sulfonamides is 1. The molecule has 0 amide bonds. The Morgan fingerprint density at radius 2 is 1.89 bits per heavy atom. The summed E-state index contributed by atoms with van der Waals surface area (Å²) < 4.78 is 25.4. The first-order valence-electron chi connectivity index (χ1n) is 5.64. The van der Waals surface area contributed by atoms with Crippen LogP contribution in [0, 0.1) is 0 Å². The molecule has 0 spiro atoms. The predicted octanol–water partition coefficient (Wildman–Crippen LogP) is 1.98. The lowest BCUT2D eigenvalue weighted by Crippen LogP contribution is -2.28. The Morgan fingerprint density at radius 3 is 2.32 bits per heavy atom. The lowest BCUT2D eigenvalue weighted by molar-refractivity contribution is -0.142. The van der Waals surface area contributed by atoms with Crippen LogP contribution in [-0.2, 0) is 20.2 Å². The molecule has 0 saturated heterocycles. The molecule has 6 heteroatoms. The third-order valence-electron chi connectivity index (χ3n) is 2.75. The summed E-state index contributed by atoms with van der Waals surface area (Å²) in [5, 5.41) is 9.10. The zero-order valence-corrected chi connectivity index (χ0v) is 11.7. The lowest BCUT2D eigenvalue weighted by atomic mass is 9.85. The van der Waals surface area contributed by atoms with Gasteiger partial charge in [-0.3, -0.25) is 9.52 Å². The number of rotatable bonds is 6. The second-order valence-corrected chi connectivity index (χ2v) is 6.45. The third-order valence-corrected chi connectivity index (χ3v) is 3.97. The van der Waals surface area contributed by atoms with E-state index < -0.39 is 21.4 Å². The highest BCUT2D eigenvalue weighted by molar-refractivity contribution is 7.92. The second kappa shape index (κ2) is 5.44. The van der Waals surface area contributed by atoms with Gasteiger partial charge in [-0.25, -0.2) is 8.42 Å². The molecule has 0 atom stereocenters. The number of carboxylic acids is 1. The van der Waals surface area contributed by atoms with E-state index in [9.17, 15) is 13.2 Å². The molecule has 104 valence electrons. The molecule has 0 bridgehead atoms. The van der Waals surface area contributed by atoms with E-state index in [2.05, 4.69) is 11.3 Å². The Bertz CT molecular complexity index is 573. The van der Waals surface area contributed by atoms with Crippen molar-refractivity contribution < 1.29 is 18.3 Å². The van der Waals surface area contributed by atoms with Crippen LogP contribution in [0.1, 0.15) is 19.4 Å². The summed E-state index contributed by atoms with van der Waals surface area (Å²) in [6, 6.07) is 6.28. The van der Waals surface area contributed by atoms with Crippen LogP contribution in [0.15, 0.2) is 36.9 Å². The number of benzene rings is 1. The molecule has 0 saturated carbocycles. The van der Waals surface area contributed by atoms with Gasteiger partial charge < -0.3 is 5.11 Å². The molecule has 0 aliphatic carbocycles. The fraction of sp³-hybridized carbons (Fsp3) is 0.308. The van der Waals surface area contributed by atoms with Crippen molar-refractivity contribution in [3.05, 3.63) is 42.5 Å². The van der Waals surface area contributed by atoms with Crippen molar-refractivity contribution in [3.8, 4) is 0 Å². The number of hydrogen-bond acceptors (Lipinski definition) is 3. The van der Waals surface area contributed by atoms with E-state index in [0.717, 1.165) is 0 Å². The van der Waals surface area contributed by atoms with Gasteiger partial charge >= 0.3 is 5.97 Å². The number of nitrogens with one attached hydrogen (secondary N) is 1. The highest BCUT2D eigenvalue weighted by Gasteiger charge is 2.29. The van der Waals surface area contributed by atoms with E-state index in [1.807, 2.05) is 0 Å². The van der Waals surface area contributed by atoms with Crippen molar-refractivity contribution in [1.82, 2.24) is 0 Å². The number of carboxylic acid groups (broad SMARTS) is 1. The molecule has 19 heavy (non-hydrogen) atoms. The third kappa shape index (κ3) is 3.82. The first-order chi connectivity index (χ1) is 8.69. The van der Waals surface area contributed by atoms with E-state index in [1.165, 1.54) is 6.08 Å². The van der Waals surface area contributed by atoms with Crippen molar-refractivity contribution >= 4 is 21.7 Å². The quantitative estimate of drug-likeness (QED) is 0.782. The molecule has 0 unspecified atom stereocenters. The molecule has 0 aromatic heterocycles. The molecular formula is C13H17NO4S. The topological polar surface area (TPSA) is 83.5 Å². The van der Waals surface area contributed by atoms with Gasteiger partial charge in [-0.15, -0.1) is 6.58 Å². The average Bonchev–Trinajstić information content (AvgIpc) is 2.28. The van der Waals surface area contributed by atoms with Crippen LogP contribution in [0.25, 0.3) is 0 Å². The van der Waals surface area contributed by atoms with Crippen LogP contribution < -0.4 is 4.72 Å². The summed E-state index contributed by atoms with van der Waals surface area (Å²) in [7, 11) is -3.43. The monoisotopic (exact) mass is 283 g/mol.